The van der Waals surface area contributed by atoms with Crippen LogP contribution in [0.4, 0.5) is 4.39 Å². The Balaban J connectivity index is 1.42. The van der Waals surface area contributed by atoms with Crippen molar-refractivity contribution in [3.8, 4) is 0 Å². The van der Waals surface area contributed by atoms with Gasteiger partial charge in [0.15, 0.2) is 0 Å². The molecule has 2 atom stereocenters. The van der Waals surface area contributed by atoms with Gasteiger partial charge in [-0.2, -0.15) is 0 Å². The molecular weight excluding hydrogens is 445 g/mol. The number of nitrogens with zero attached hydrogens (tertiary/aromatic N) is 4. The van der Waals surface area contributed by atoms with E-state index < -0.39 is 0 Å². The standard InChI is InChI=1S/C27H38FN5O2/c1-5-27(35)30-25(21-7-6-8-22(28)16-21)15-18(2)31-12-9-23(10-13-31)33-19(3)29-24-11-14-32(20(4)34)17-26(24)33/h6-8,16,18,23,25H,5,9-15,17H2,1-4H3,(H,30,35)/t18?,25-/m0/s1. The van der Waals surface area contributed by atoms with E-state index in [0.29, 0.717) is 19.0 Å². The van der Waals surface area contributed by atoms with Crippen LogP contribution in [-0.2, 0) is 22.6 Å². The lowest BCUT2D eigenvalue weighted by molar-refractivity contribution is -0.129. The van der Waals surface area contributed by atoms with Crippen LogP contribution in [-0.4, -0.2) is 56.8 Å². The molecule has 1 unspecified atom stereocenters. The van der Waals surface area contributed by atoms with E-state index in [-0.39, 0.29) is 29.7 Å². The first-order valence-corrected chi connectivity index (χ1v) is 12.9. The molecule has 2 aliphatic heterocycles. The molecule has 8 heteroatoms. The van der Waals surface area contributed by atoms with Crippen molar-refractivity contribution in [2.24, 2.45) is 0 Å². The largest absolute Gasteiger partial charge is 0.349 e. The Kier molecular flexibility index (Phi) is 7.89. The molecule has 1 aromatic carbocycles. The highest BCUT2D eigenvalue weighted by molar-refractivity contribution is 5.76. The number of likely N-dealkylation sites (tertiary alicyclic amines) is 1. The van der Waals surface area contributed by atoms with Crippen molar-refractivity contribution in [3.63, 3.8) is 0 Å². The van der Waals surface area contributed by atoms with Gasteiger partial charge in [0.25, 0.3) is 0 Å². The lowest BCUT2D eigenvalue weighted by Gasteiger charge is -2.39. The van der Waals surface area contributed by atoms with E-state index in [4.69, 9.17) is 4.98 Å². The van der Waals surface area contributed by atoms with Crippen LogP contribution >= 0.6 is 0 Å². The number of rotatable bonds is 7. The highest BCUT2D eigenvalue weighted by Gasteiger charge is 2.31. The number of aryl methyl sites for hydroxylation is 1. The van der Waals surface area contributed by atoms with Crippen molar-refractivity contribution < 1.29 is 14.0 Å². The highest BCUT2D eigenvalue weighted by Crippen LogP contribution is 2.32. The lowest BCUT2D eigenvalue weighted by atomic mass is 9.96. The maximum absolute atomic E-state index is 13.9. The molecule has 1 fully saturated rings. The maximum Gasteiger partial charge on any atom is 0.220 e. The van der Waals surface area contributed by atoms with Gasteiger partial charge in [-0.3, -0.25) is 9.59 Å². The summed E-state index contributed by atoms with van der Waals surface area (Å²) in [6, 6.07) is 6.95. The van der Waals surface area contributed by atoms with E-state index in [1.54, 1.807) is 13.0 Å². The predicted molar refractivity (Wildman–Crippen MR) is 133 cm³/mol. The zero-order chi connectivity index (χ0) is 25.1. The Morgan fingerprint density at radius 1 is 1.23 bits per heavy atom. The van der Waals surface area contributed by atoms with Gasteiger partial charge in [0.1, 0.15) is 11.6 Å². The minimum Gasteiger partial charge on any atom is -0.349 e. The van der Waals surface area contributed by atoms with Crippen molar-refractivity contribution in [2.75, 3.05) is 19.6 Å². The molecule has 0 saturated carbocycles. The number of aromatic nitrogens is 2. The minimum absolute atomic E-state index is 0.0230. The molecule has 1 N–H and O–H groups in total. The first-order chi connectivity index (χ1) is 16.8. The summed E-state index contributed by atoms with van der Waals surface area (Å²) in [6.45, 7) is 11.0. The number of imidazole rings is 1. The molecule has 0 radical (unpaired) electrons. The van der Waals surface area contributed by atoms with Gasteiger partial charge in [0, 0.05) is 51.5 Å². The second-order valence-corrected chi connectivity index (χ2v) is 9.99. The minimum atomic E-state index is -0.283. The molecule has 0 aliphatic carbocycles. The Morgan fingerprint density at radius 2 is 1.97 bits per heavy atom. The van der Waals surface area contributed by atoms with Crippen LogP contribution in [0.5, 0.6) is 0 Å². The normalized spacial score (nSPS) is 18.7. The van der Waals surface area contributed by atoms with Crippen LogP contribution in [0.25, 0.3) is 0 Å². The molecule has 0 bridgehead atoms. The van der Waals surface area contributed by atoms with Crippen LogP contribution in [0.1, 0.15) is 81.3 Å². The summed E-state index contributed by atoms with van der Waals surface area (Å²) in [5, 5.41) is 3.09. The van der Waals surface area contributed by atoms with Crippen LogP contribution in [0.2, 0.25) is 0 Å². The molecular formula is C27H38FN5O2. The van der Waals surface area contributed by atoms with Crippen LogP contribution in [0, 0.1) is 12.7 Å². The third kappa shape index (κ3) is 5.74. The van der Waals surface area contributed by atoms with Gasteiger partial charge >= 0.3 is 0 Å². The van der Waals surface area contributed by atoms with E-state index >= 15 is 0 Å². The number of nitrogens with one attached hydrogen (secondary N) is 1. The van der Waals surface area contributed by atoms with Gasteiger partial charge in [0.2, 0.25) is 11.8 Å². The second kappa shape index (κ2) is 10.9. The van der Waals surface area contributed by atoms with Crippen LogP contribution in [0.3, 0.4) is 0 Å². The van der Waals surface area contributed by atoms with Crippen molar-refractivity contribution >= 4 is 11.8 Å². The Morgan fingerprint density at radius 3 is 2.63 bits per heavy atom. The van der Waals surface area contributed by atoms with Gasteiger partial charge in [-0.15, -0.1) is 0 Å². The first kappa shape index (κ1) is 25.4. The number of fused-ring (bicyclic) bond motifs is 1. The molecule has 4 rings (SSSR count). The smallest absolute Gasteiger partial charge is 0.220 e. The van der Waals surface area contributed by atoms with Crippen LogP contribution < -0.4 is 5.32 Å². The van der Waals surface area contributed by atoms with Gasteiger partial charge in [0.05, 0.1) is 24.0 Å². The quantitative estimate of drug-likeness (QED) is 0.648. The second-order valence-electron chi connectivity index (χ2n) is 9.99. The van der Waals surface area contributed by atoms with E-state index in [9.17, 15) is 14.0 Å². The number of piperidine rings is 1. The highest BCUT2D eigenvalue weighted by atomic mass is 19.1. The predicted octanol–water partition coefficient (Wildman–Crippen LogP) is 3.92. The van der Waals surface area contributed by atoms with E-state index in [1.807, 2.05) is 17.9 Å². The molecule has 2 aliphatic rings. The topological polar surface area (TPSA) is 70.5 Å². The molecule has 2 aromatic rings. The van der Waals surface area contributed by atoms with Crippen LogP contribution in [0.15, 0.2) is 24.3 Å². The maximum atomic E-state index is 13.9. The first-order valence-electron chi connectivity index (χ1n) is 12.9. The average Bonchev–Trinajstić information content (AvgIpc) is 3.18. The summed E-state index contributed by atoms with van der Waals surface area (Å²) < 4.78 is 16.3. The summed E-state index contributed by atoms with van der Waals surface area (Å²) in [5.74, 6) is 0.854. The summed E-state index contributed by atoms with van der Waals surface area (Å²) in [7, 11) is 0. The fourth-order valence-electron chi connectivity index (χ4n) is 5.64. The lowest BCUT2D eigenvalue weighted by Crippen LogP contribution is -2.43. The molecule has 0 spiro atoms. The number of hydrogen-bond donors (Lipinski definition) is 1. The molecule has 35 heavy (non-hydrogen) atoms. The van der Waals surface area contributed by atoms with E-state index in [2.05, 4.69) is 28.6 Å². The molecule has 3 heterocycles. The zero-order valence-corrected chi connectivity index (χ0v) is 21.4. The van der Waals surface area contributed by atoms with Gasteiger partial charge in [-0.05, 0) is 50.8 Å². The van der Waals surface area contributed by atoms with Gasteiger partial charge < -0.3 is 19.7 Å². The van der Waals surface area contributed by atoms with Crippen molar-refractivity contribution in [2.45, 2.75) is 84.5 Å². The molecule has 7 nitrogen and oxygen atoms in total. The number of benzene rings is 1. The number of carbonyl (C=O) groups excluding carboxylic acids is 2. The summed E-state index contributed by atoms with van der Waals surface area (Å²) in [6.07, 6.45) is 3.98. The Bertz CT molecular complexity index is 1060. The van der Waals surface area contributed by atoms with Gasteiger partial charge in [-0.25, -0.2) is 9.37 Å². The number of amides is 2. The number of carbonyl (C=O) groups is 2. The molecule has 1 aromatic heterocycles. The molecule has 2 amide bonds. The molecule has 1 saturated heterocycles. The molecule has 190 valence electrons. The van der Waals surface area contributed by atoms with Gasteiger partial charge in [-0.1, -0.05) is 19.1 Å². The number of hydrogen-bond acceptors (Lipinski definition) is 4. The van der Waals surface area contributed by atoms with E-state index in [0.717, 1.165) is 62.4 Å². The van der Waals surface area contributed by atoms with Crippen molar-refractivity contribution in [3.05, 3.63) is 52.9 Å². The third-order valence-electron chi connectivity index (χ3n) is 7.65. The summed E-state index contributed by atoms with van der Waals surface area (Å²) in [4.78, 5) is 33.3. The average molecular weight is 484 g/mol. The van der Waals surface area contributed by atoms with Crippen molar-refractivity contribution in [1.29, 1.82) is 0 Å². The fourth-order valence-corrected chi connectivity index (χ4v) is 5.64. The monoisotopic (exact) mass is 483 g/mol. The SMILES string of the molecule is CCC(=O)N[C@@H](CC(C)N1CCC(n2c(C)nc3c2CN(C(C)=O)CC3)CC1)c1cccc(F)c1. The summed E-state index contributed by atoms with van der Waals surface area (Å²) >= 11 is 0. The zero-order valence-electron chi connectivity index (χ0n) is 21.4. The van der Waals surface area contributed by atoms with Crippen molar-refractivity contribution in [1.82, 2.24) is 24.7 Å². The Labute approximate surface area is 207 Å². The van der Waals surface area contributed by atoms with E-state index in [1.165, 1.54) is 17.8 Å². The fraction of sp³-hybridized carbons (Fsp3) is 0.593. The summed E-state index contributed by atoms with van der Waals surface area (Å²) in [5.41, 5.74) is 3.15. The third-order valence-corrected chi connectivity index (χ3v) is 7.65. The number of halogens is 1. The Hall–Kier alpha value is -2.74.